The highest BCUT2D eigenvalue weighted by Crippen LogP contribution is 2.53. The van der Waals surface area contributed by atoms with Crippen LogP contribution in [0.25, 0.3) is 0 Å². The summed E-state index contributed by atoms with van der Waals surface area (Å²) in [6.45, 7) is 4.07. The van der Waals surface area contributed by atoms with E-state index in [0.717, 1.165) is 23.2 Å². The van der Waals surface area contributed by atoms with Gasteiger partial charge in [-0.2, -0.15) is 0 Å². The van der Waals surface area contributed by atoms with E-state index >= 15 is 0 Å². The van der Waals surface area contributed by atoms with Crippen molar-refractivity contribution in [3.05, 3.63) is 145 Å². The maximum Gasteiger partial charge on any atom is 0.465 e. The topological polar surface area (TPSA) is 44.8 Å². The fourth-order valence-electron chi connectivity index (χ4n) is 6.07. The van der Waals surface area contributed by atoms with E-state index in [0.29, 0.717) is 0 Å². The van der Waals surface area contributed by atoms with Crippen molar-refractivity contribution in [2.75, 3.05) is 13.2 Å². The summed E-state index contributed by atoms with van der Waals surface area (Å²) in [6, 6.07) is 42.2. The fourth-order valence-corrected chi connectivity index (χ4v) is 27.9. The van der Waals surface area contributed by atoms with Crippen molar-refractivity contribution in [3.8, 4) is 0 Å². The molecule has 0 bridgehead atoms. The summed E-state index contributed by atoms with van der Waals surface area (Å²) >= 11 is 0. The van der Waals surface area contributed by atoms with Gasteiger partial charge in [0.25, 0.3) is 7.83 Å². The molecule has 1 aliphatic rings. The van der Waals surface area contributed by atoms with Crippen molar-refractivity contribution >= 4 is 44.0 Å². The number of phosphoric ester groups is 1. The van der Waals surface area contributed by atoms with Crippen LogP contribution in [0.1, 0.15) is 26.7 Å². The molecular formula is C34H37O4PSi2. The molecule has 7 heteroatoms. The molecule has 1 aliphatic carbocycles. The number of allylic oxidation sites excluding steroid dienone is 4. The highest BCUT2D eigenvalue weighted by atomic mass is 31.2. The van der Waals surface area contributed by atoms with E-state index in [1.165, 1.54) is 15.6 Å². The van der Waals surface area contributed by atoms with Gasteiger partial charge in [0, 0.05) is 0 Å². The predicted octanol–water partition coefficient (Wildman–Crippen LogP) is 6.10. The minimum Gasteiger partial charge on any atom is -0.321 e. The van der Waals surface area contributed by atoms with Gasteiger partial charge in [0.15, 0.2) is 7.59 Å². The zero-order valence-electron chi connectivity index (χ0n) is 23.7. The van der Waals surface area contributed by atoms with Crippen LogP contribution < -0.4 is 20.7 Å². The van der Waals surface area contributed by atoms with E-state index in [9.17, 15) is 4.57 Å². The zero-order chi connectivity index (χ0) is 28.6. The maximum absolute atomic E-state index is 14.7. The molecular weight excluding hydrogens is 560 g/mol. The first-order valence-electron chi connectivity index (χ1n) is 14.3. The number of benzene rings is 4. The van der Waals surface area contributed by atoms with Gasteiger partial charge >= 0.3 is 7.82 Å². The second-order valence-corrected chi connectivity index (χ2v) is 22.2. The van der Waals surface area contributed by atoms with E-state index in [4.69, 9.17) is 13.3 Å². The van der Waals surface area contributed by atoms with Crippen LogP contribution in [0.4, 0.5) is 0 Å². The van der Waals surface area contributed by atoms with Crippen molar-refractivity contribution in [2.24, 2.45) is 0 Å². The van der Waals surface area contributed by atoms with Crippen LogP contribution >= 0.6 is 7.82 Å². The van der Waals surface area contributed by atoms with Crippen molar-refractivity contribution < 1.29 is 17.8 Å². The van der Waals surface area contributed by atoms with E-state index in [-0.39, 0.29) is 13.2 Å². The molecule has 4 aromatic rings. The first kappa shape index (κ1) is 29.4. The molecule has 41 heavy (non-hydrogen) atoms. The van der Waals surface area contributed by atoms with Crippen LogP contribution in [-0.2, 0) is 17.8 Å². The molecule has 0 heterocycles. The minimum absolute atomic E-state index is 0.208. The first-order valence-corrected chi connectivity index (χ1v) is 20.7. The van der Waals surface area contributed by atoms with Crippen molar-refractivity contribution in [1.82, 2.24) is 0 Å². The second kappa shape index (κ2) is 13.3. The van der Waals surface area contributed by atoms with E-state index in [1.807, 2.05) is 26.0 Å². The van der Waals surface area contributed by atoms with Gasteiger partial charge in [-0.25, -0.2) is 4.57 Å². The first-order chi connectivity index (χ1) is 20.1. The van der Waals surface area contributed by atoms with E-state index in [1.54, 1.807) is 0 Å². The average Bonchev–Trinajstić information content (AvgIpc) is 3.03. The molecule has 0 N–H and O–H groups in total. The standard InChI is InChI=1S/C34H37O4PSi2/c1-3-36-39(35,37-4-2)38-41(33-26-16-8-17-27-33,34-28-18-9-19-29-34)40(30-20-10-5-11-21-30,31-22-12-6-13-23-31)32-24-14-7-15-25-32/h5-6,8-14,16-29H,3-4,7,15H2,1-2H3. The Morgan fingerprint density at radius 2 is 1.02 bits per heavy atom. The molecule has 5 rings (SSSR count). The number of phosphoric acid groups is 1. The molecule has 0 unspecified atom stereocenters. The summed E-state index contributed by atoms with van der Waals surface area (Å²) in [5.74, 6) is 0. The smallest absolute Gasteiger partial charge is 0.321 e. The lowest BCUT2D eigenvalue weighted by atomic mass is 10.2. The third-order valence-electron chi connectivity index (χ3n) is 7.55. The molecule has 0 atom stereocenters. The number of rotatable bonds is 12. The van der Waals surface area contributed by atoms with Gasteiger partial charge in [-0.3, -0.25) is 9.05 Å². The van der Waals surface area contributed by atoms with Crippen molar-refractivity contribution in [2.45, 2.75) is 26.7 Å². The van der Waals surface area contributed by atoms with Crippen molar-refractivity contribution in [1.29, 1.82) is 0 Å². The van der Waals surface area contributed by atoms with Crippen LogP contribution in [0.5, 0.6) is 0 Å². The molecule has 0 radical (unpaired) electrons. The summed E-state index contributed by atoms with van der Waals surface area (Å²) in [7, 11) is -10.8. The van der Waals surface area contributed by atoms with Gasteiger partial charge in [-0.15, -0.1) is 0 Å². The normalized spacial score (nSPS) is 14.0. The van der Waals surface area contributed by atoms with Crippen LogP contribution in [0.2, 0.25) is 0 Å². The summed E-state index contributed by atoms with van der Waals surface area (Å²) in [5.41, 5.74) is 0. The Morgan fingerprint density at radius 3 is 1.39 bits per heavy atom. The minimum atomic E-state index is -4.02. The lowest BCUT2D eigenvalue weighted by Gasteiger charge is -2.49. The Kier molecular flexibility index (Phi) is 9.51. The highest BCUT2D eigenvalue weighted by molar-refractivity contribution is 7.65. The third kappa shape index (κ3) is 5.56. The monoisotopic (exact) mass is 596 g/mol. The molecule has 0 aromatic heterocycles. The molecule has 0 saturated heterocycles. The SMILES string of the molecule is CCOP(=O)(OCC)O[Si](c1ccccc1)(c1ccccc1)[Si](C1=CCCC=C1)(c1ccccc1)c1ccccc1. The van der Waals surface area contributed by atoms with Gasteiger partial charge in [0.2, 0.25) is 0 Å². The molecule has 4 nitrogen and oxygen atoms in total. The van der Waals surface area contributed by atoms with Crippen LogP contribution in [0.3, 0.4) is 0 Å². The van der Waals surface area contributed by atoms with Gasteiger partial charge in [0.05, 0.1) is 13.2 Å². The highest BCUT2D eigenvalue weighted by Gasteiger charge is 2.66. The summed E-state index contributed by atoms with van der Waals surface area (Å²) in [6.07, 6.45) is 8.86. The van der Waals surface area contributed by atoms with Gasteiger partial charge in [0.1, 0.15) is 0 Å². The molecule has 0 amide bonds. The number of hydrogen-bond donors (Lipinski definition) is 0. The maximum atomic E-state index is 14.7. The lowest BCUT2D eigenvalue weighted by Crippen LogP contribution is -2.87. The quantitative estimate of drug-likeness (QED) is 0.146. The second-order valence-electron chi connectivity index (χ2n) is 9.91. The number of hydrogen-bond acceptors (Lipinski definition) is 4. The Hall–Kier alpha value is -3.10. The third-order valence-corrected chi connectivity index (χ3v) is 26.0. The summed E-state index contributed by atoms with van der Waals surface area (Å²) in [5, 5.41) is 5.71. The molecule has 0 spiro atoms. The largest absolute Gasteiger partial charge is 0.465 e. The van der Waals surface area contributed by atoms with Crippen molar-refractivity contribution in [3.63, 3.8) is 0 Å². The average molecular weight is 597 g/mol. The molecule has 0 aliphatic heterocycles. The molecule has 4 aromatic carbocycles. The molecule has 0 saturated carbocycles. The Labute approximate surface area is 245 Å². The summed E-state index contributed by atoms with van der Waals surface area (Å²) in [4.78, 5) is 0. The van der Waals surface area contributed by atoms with E-state index < -0.39 is 23.2 Å². The Balaban J connectivity index is 2.04. The summed E-state index contributed by atoms with van der Waals surface area (Å²) < 4.78 is 34.0. The zero-order valence-corrected chi connectivity index (χ0v) is 26.6. The predicted molar refractivity (Wildman–Crippen MR) is 174 cm³/mol. The van der Waals surface area contributed by atoms with Crippen LogP contribution in [0.15, 0.2) is 145 Å². The Bertz CT molecular complexity index is 1420. The van der Waals surface area contributed by atoms with E-state index in [2.05, 4.69) is 127 Å². The molecule has 210 valence electrons. The van der Waals surface area contributed by atoms with Gasteiger partial charge < -0.3 is 4.21 Å². The lowest BCUT2D eigenvalue weighted by molar-refractivity contribution is 0.168. The fraction of sp³-hybridized carbons (Fsp3) is 0.176. The van der Waals surface area contributed by atoms with Gasteiger partial charge in [-0.1, -0.05) is 145 Å². The van der Waals surface area contributed by atoms with Crippen LogP contribution in [0, 0.1) is 0 Å². The molecule has 0 fully saturated rings. The van der Waals surface area contributed by atoms with Crippen LogP contribution in [-0.4, -0.2) is 28.6 Å². The Morgan fingerprint density at radius 1 is 0.610 bits per heavy atom. The van der Waals surface area contributed by atoms with Gasteiger partial charge in [-0.05, 0) is 47.4 Å².